The van der Waals surface area contributed by atoms with Crippen molar-refractivity contribution < 1.29 is 4.79 Å². The standard InChI is InChI=1S/C14H21BrN4O/c15-12-9-16-19(10-12)13-4-6-17(11-13)7-8-18-5-2-1-3-14(18)20/h9-10,13H,1-8,11H2. The fourth-order valence-electron chi connectivity index (χ4n) is 3.11. The molecule has 2 fully saturated rings. The lowest BCUT2D eigenvalue weighted by molar-refractivity contribution is -0.133. The van der Waals surface area contributed by atoms with E-state index in [0.29, 0.717) is 11.9 Å². The Morgan fingerprint density at radius 1 is 1.30 bits per heavy atom. The van der Waals surface area contributed by atoms with Crippen LogP contribution in [-0.4, -0.2) is 58.2 Å². The van der Waals surface area contributed by atoms with Gasteiger partial charge in [-0.05, 0) is 35.2 Å². The van der Waals surface area contributed by atoms with Gasteiger partial charge in [-0.1, -0.05) is 0 Å². The number of nitrogens with zero attached hydrogens (tertiary/aromatic N) is 4. The van der Waals surface area contributed by atoms with Crippen LogP contribution in [-0.2, 0) is 4.79 Å². The van der Waals surface area contributed by atoms with Gasteiger partial charge >= 0.3 is 0 Å². The van der Waals surface area contributed by atoms with Crippen LogP contribution in [0, 0.1) is 0 Å². The number of piperidine rings is 1. The van der Waals surface area contributed by atoms with Gasteiger partial charge in [0.25, 0.3) is 0 Å². The third kappa shape index (κ3) is 3.23. The Kier molecular flexibility index (Phi) is 4.41. The largest absolute Gasteiger partial charge is 0.341 e. The van der Waals surface area contributed by atoms with E-state index in [9.17, 15) is 4.79 Å². The molecule has 0 radical (unpaired) electrons. The van der Waals surface area contributed by atoms with Crippen LogP contribution in [0.4, 0.5) is 0 Å². The Morgan fingerprint density at radius 2 is 2.20 bits per heavy atom. The van der Waals surface area contributed by atoms with E-state index >= 15 is 0 Å². The van der Waals surface area contributed by atoms with E-state index in [1.807, 2.05) is 17.3 Å². The number of amides is 1. The average molecular weight is 341 g/mol. The molecule has 0 N–H and O–H groups in total. The molecule has 0 aliphatic carbocycles. The molecule has 0 aromatic carbocycles. The summed E-state index contributed by atoms with van der Waals surface area (Å²) in [6.07, 6.45) is 7.99. The molecule has 2 saturated heterocycles. The maximum absolute atomic E-state index is 11.8. The van der Waals surface area contributed by atoms with Crippen LogP contribution in [0.3, 0.4) is 0 Å². The van der Waals surface area contributed by atoms with Crippen molar-refractivity contribution in [2.75, 3.05) is 32.7 Å². The Hall–Kier alpha value is -0.880. The molecule has 110 valence electrons. The first kappa shape index (κ1) is 14.1. The van der Waals surface area contributed by atoms with E-state index in [2.05, 4.69) is 30.6 Å². The van der Waals surface area contributed by atoms with Crippen molar-refractivity contribution in [1.29, 1.82) is 0 Å². The van der Waals surface area contributed by atoms with E-state index in [-0.39, 0.29) is 0 Å². The summed E-state index contributed by atoms with van der Waals surface area (Å²) in [5.74, 6) is 0.336. The molecule has 3 heterocycles. The third-order valence-corrected chi connectivity index (χ3v) is 4.71. The molecular weight excluding hydrogens is 320 g/mol. The predicted octanol–water partition coefficient (Wildman–Crippen LogP) is 1.90. The predicted molar refractivity (Wildman–Crippen MR) is 80.5 cm³/mol. The van der Waals surface area contributed by atoms with Crippen LogP contribution in [0.15, 0.2) is 16.9 Å². The maximum atomic E-state index is 11.8. The molecule has 1 atom stereocenters. The molecule has 0 bridgehead atoms. The Morgan fingerprint density at radius 3 is 2.95 bits per heavy atom. The lowest BCUT2D eigenvalue weighted by Gasteiger charge is -2.28. The van der Waals surface area contributed by atoms with Crippen LogP contribution >= 0.6 is 15.9 Å². The number of aromatic nitrogens is 2. The second-order valence-corrected chi connectivity index (χ2v) is 6.64. The zero-order valence-corrected chi connectivity index (χ0v) is 13.3. The van der Waals surface area contributed by atoms with E-state index in [1.165, 1.54) is 0 Å². The zero-order chi connectivity index (χ0) is 13.9. The van der Waals surface area contributed by atoms with E-state index in [4.69, 9.17) is 0 Å². The van der Waals surface area contributed by atoms with Crippen molar-refractivity contribution in [2.45, 2.75) is 31.7 Å². The minimum absolute atomic E-state index is 0.336. The molecule has 1 aromatic heterocycles. The lowest BCUT2D eigenvalue weighted by atomic mass is 10.1. The van der Waals surface area contributed by atoms with E-state index in [1.54, 1.807) is 0 Å². The quantitative estimate of drug-likeness (QED) is 0.840. The van der Waals surface area contributed by atoms with Crippen molar-refractivity contribution in [1.82, 2.24) is 19.6 Å². The molecule has 1 aromatic rings. The first-order valence-corrected chi connectivity index (χ1v) is 8.21. The highest BCUT2D eigenvalue weighted by molar-refractivity contribution is 9.10. The second kappa shape index (κ2) is 6.26. The summed E-state index contributed by atoms with van der Waals surface area (Å²) in [6, 6.07) is 0.471. The maximum Gasteiger partial charge on any atom is 0.222 e. The number of halogens is 1. The molecule has 2 aliphatic heterocycles. The molecular formula is C14H21BrN4O. The van der Waals surface area contributed by atoms with Crippen molar-refractivity contribution in [3.8, 4) is 0 Å². The van der Waals surface area contributed by atoms with Crippen molar-refractivity contribution in [3.05, 3.63) is 16.9 Å². The monoisotopic (exact) mass is 340 g/mol. The summed E-state index contributed by atoms with van der Waals surface area (Å²) in [7, 11) is 0. The fraction of sp³-hybridized carbons (Fsp3) is 0.714. The SMILES string of the molecule is O=C1CCCCN1CCN1CCC(n2cc(Br)cn2)C1. The van der Waals surface area contributed by atoms with Gasteiger partial charge in [0.1, 0.15) is 0 Å². The second-order valence-electron chi connectivity index (χ2n) is 5.72. The Bertz CT molecular complexity index is 475. The number of carbonyl (C=O) groups is 1. The first-order valence-electron chi connectivity index (χ1n) is 7.42. The fourth-order valence-corrected chi connectivity index (χ4v) is 3.41. The first-order chi connectivity index (χ1) is 9.72. The topological polar surface area (TPSA) is 41.4 Å². The third-order valence-electron chi connectivity index (χ3n) is 4.30. The number of carbonyl (C=O) groups excluding carboxylic acids is 1. The highest BCUT2D eigenvalue weighted by Gasteiger charge is 2.25. The minimum Gasteiger partial charge on any atom is -0.341 e. The summed E-state index contributed by atoms with van der Waals surface area (Å²) in [4.78, 5) is 16.3. The van der Waals surface area contributed by atoms with E-state index in [0.717, 1.165) is 62.9 Å². The molecule has 0 spiro atoms. The van der Waals surface area contributed by atoms with E-state index < -0.39 is 0 Å². The molecule has 1 amide bonds. The smallest absolute Gasteiger partial charge is 0.222 e. The van der Waals surface area contributed by atoms with Crippen LogP contribution in [0.2, 0.25) is 0 Å². The summed E-state index contributed by atoms with van der Waals surface area (Å²) >= 11 is 3.44. The van der Waals surface area contributed by atoms with Gasteiger partial charge in [-0.3, -0.25) is 14.4 Å². The normalized spacial score (nSPS) is 24.6. The summed E-state index contributed by atoms with van der Waals surface area (Å²) in [6.45, 7) is 4.96. The van der Waals surface area contributed by atoms with Gasteiger partial charge < -0.3 is 4.90 Å². The number of rotatable bonds is 4. The van der Waals surface area contributed by atoms with Gasteiger partial charge in [-0.25, -0.2) is 0 Å². The molecule has 0 saturated carbocycles. The van der Waals surface area contributed by atoms with Crippen LogP contribution in [0.1, 0.15) is 31.7 Å². The van der Waals surface area contributed by atoms with Crippen molar-refractivity contribution in [3.63, 3.8) is 0 Å². The number of hydrogen-bond acceptors (Lipinski definition) is 3. The highest BCUT2D eigenvalue weighted by Crippen LogP contribution is 2.22. The number of likely N-dealkylation sites (tertiary alicyclic amines) is 2. The van der Waals surface area contributed by atoms with Crippen molar-refractivity contribution >= 4 is 21.8 Å². The van der Waals surface area contributed by atoms with Gasteiger partial charge in [-0.15, -0.1) is 0 Å². The average Bonchev–Trinajstić information content (AvgIpc) is 3.06. The molecule has 6 heteroatoms. The minimum atomic E-state index is 0.336. The molecule has 5 nitrogen and oxygen atoms in total. The lowest BCUT2D eigenvalue weighted by Crippen LogP contribution is -2.40. The summed E-state index contributed by atoms with van der Waals surface area (Å²) < 4.78 is 3.09. The zero-order valence-electron chi connectivity index (χ0n) is 11.7. The van der Waals surface area contributed by atoms with Crippen LogP contribution in [0.25, 0.3) is 0 Å². The Labute approximate surface area is 128 Å². The van der Waals surface area contributed by atoms with Gasteiger partial charge in [0.15, 0.2) is 0 Å². The van der Waals surface area contributed by atoms with Crippen LogP contribution in [0.5, 0.6) is 0 Å². The highest BCUT2D eigenvalue weighted by atomic mass is 79.9. The summed E-state index contributed by atoms with van der Waals surface area (Å²) in [5, 5.41) is 4.37. The molecule has 1 unspecified atom stereocenters. The molecule has 2 aliphatic rings. The summed E-state index contributed by atoms with van der Waals surface area (Å²) in [5.41, 5.74) is 0. The van der Waals surface area contributed by atoms with Gasteiger partial charge in [0.05, 0.1) is 16.7 Å². The van der Waals surface area contributed by atoms with Crippen LogP contribution < -0.4 is 0 Å². The van der Waals surface area contributed by atoms with Gasteiger partial charge in [-0.2, -0.15) is 5.10 Å². The van der Waals surface area contributed by atoms with Gasteiger partial charge in [0.2, 0.25) is 5.91 Å². The Balaban J connectivity index is 1.47. The molecule has 3 rings (SSSR count). The van der Waals surface area contributed by atoms with Gasteiger partial charge in [0, 0.05) is 45.3 Å². The number of hydrogen-bond donors (Lipinski definition) is 0. The van der Waals surface area contributed by atoms with Crippen molar-refractivity contribution in [2.24, 2.45) is 0 Å². The molecule has 20 heavy (non-hydrogen) atoms.